The number of nitrogens with zero attached hydrogens (tertiary/aromatic N) is 2. The summed E-state index contributed by atoms with van der Waals surface area (Å²) >= 11 is 0. The molecule has 0 saturated carbocycles. The molecule has 0 aromatic carbocycles. The lowest BCUT2D eigenvalue weighted by molar-refractivity contribution is -0.141. The van der Waals surface area contributed by atoms with Gasteiger partial charge in [0.15, 0.2) is 0 Å². The molecule has 3 heteroatoms. The van der Waals surface area contributed by atoms with Gasteiger partial charge in [-0.15, -0.1) is 0 Å². The van der Waals surface area contributed by atoms with Crippen molar-refractivity contribution in [2.45, 2.75) is 52.6 Å². The third-order valence-corrected chi connectivity index (χ3v) is 2.94. The molecule has 1 amide bonds. The van der Waals surface area contributed by atoms with Crippen LogP contribution in [0.5, 0.6) is 0 Å². The molecule has 0 spiro atoms. The van der Waals surface area contributed by atoms with Crippen molar-refractivity contribution in [2.75, 3.05) is 13.1 Å². The van der Waals surface area contributed by atoms with E-state index in [2.05, 4.69) is 53.0 Å². The minimum atomic E-state index is -0.121. The number of piperazine rings is 1. The Kier molecular flexibility index (Phi) is 3.10. The largest absolute Gasteiger partial charge is 0.360 e. The molecule has 0 aromatic rings. The molecule has 16 heavy (non-hydrogen) atoms. The molecule has 1 heterocycles. The van der Waals surface area contributed by atoms with Gasteiger partial charge in [-0.25, -0.2) is 0 Å². The van der Waals surface area contributed by atoms with Crippen LogP contribution in [0.3, 0.4) is 0 Å². The van der Waals surface area contributed by atoms with Crippen LogP contribution in [0.25, 0.3) is 0 Å². The molecular weight excluding hydrogens is 200 g/mol. The molecule has 1 aliphatic rings. The summed E-state index contributed by atoms with van der Waals surface area (Å²) in [6.07, 6.45) is 0. The summed E-state index contributed by atoms with van der Waals surface area (Å²) in [5.41, 5.74) is 0.878. The van der Waals surface area contributed by atoms with Gasteiger partial charge in [-0.1, -0.05) is 6.58 Å². The number of carbonyl (C=O) groups excluding carboxylic acids is 1. The van der Waals surface area contributed by atoms with E-state index in [1.807, 2.05) is 4.90 Å². The van der Waals surface area contributed by atoms with Crippen molar-refractivity contribution < 1.29 is 4.79 Å². The number of hydrogen-bond donors (Lipinski definition) is 0. The third-order valence-electron chi connectivity index (χ3n) is 2.94. The average molecular weight is 224 g/mol. The molecule has 0 aromatic heterocycles. The fourth-order valence-electron chi connectivity index (χ4n) is 2.01. The maximum absolute atomic E-state index is 12.1. The third kappa shape index (κ3) is 2.57. The average Bonchev–Trinajstić information content (AvgIpc) is 2.04. The molecule has 1 rings (SSSR count). The van der Waals surface area contributed by atoms with E-state index >= 15 is 0 Å². The van der Waals surface area contributed by atoms with Gasteiger partial charge in [-0.05, 0) is 41.5 Å². The Morgan fingerprint density at radius 3 is 1.75 bits per heavy atom. The Hall–Kier alpha value is -0.990. The Balaban J connectivity index is 2.88. The summed E-state index contributed by atoms with van der Waals surface area (Å²) < 4.78 is 0. The Morgan fingerprint density at radius 1 is 0.938 bits per heavy atom. The van der Waals surface area contributed by atoms with E-state index < -0.39 is 0 Å². The van der Waals surface area contributed by atoms with E-state index in [4.69, 9.17) is 0 Å². The number of amides is 1. The maximum atomic E-state index is 12.1. The quantitative estimate of drug-likeness (QED) is 0.630. The zero-order chi connectivity index (χ0) is 12.7. The highest BCUT2D eigenvalue weighted by molar-refractivity contribution is 5.80. The van der Waals surface area contributed by atoms with Gasteiger partial charge in [0.25, 0.3) is 0 Å². The summed E-state index contributed by atoms with van der Waals surface area (Å²) in [6.45, 7) is 17.7. The van der Waals surface area contributed by atoms with Crippen LogP contribution in [0.4, 0.5) is 0 Å². The molecule has 1 saturated heterocycles. The minimum absolute atomic E-state index is 0.0310. The lowest BCUT2D eigenvalue weighted by atomic mass is 9.99. The first-order chi connectivity index (χ1) is 7.03. The van der Waals surface area contributed by atoms with E-state index in [0.29, 0.717) is 13.1 Å². The molecule has 0 atom stereocenters. The topological polar surface area (TPSA) is 23.6 Å². The predicted octanol–water partition coefficient (Wildman–Crippen LogP) is 2.24. The lowest BCUT2D eigenvalue weighted by Gasteiger charge is -2.48. The van der Waals surface area contributed by atoms with Crippen molar-refractivity contribution in [3.63, 3.8) is 0 Å². The van der Waals surface area contributed by atoms with Crippen molar-refractivity contribution in [3.05, 3.63) is 12.3 Å². The van der Waals surface area contributed by atoms with Gasteiger partial charge in [0.1, 0.15) is 0 Å². The van der Waals surface area contributed by atoms with Crippen LogP contribution in [0.15, 0.2) is 12.3 Å². The standard InChI is InChI=1S/C13H24N2O/c1-10-8-15(13(5,6)7)11(16)9-14(10)12(2,3)4/h1,8-9H2,2-7H3. The molecule has 0 unspecified atom stereocenters. The SMILES string of the molecule is C=C1CN(C(C)(C)C)C(=O)CN1C(C)(C)C. The number of hydrogen-bond acceptors (Lipinski definition) is 2. The fourth-order valence-corrected chi connectivity index (χ4v) is 2.01. The molecule has 0 aliphatic carbocycles. The molecule has 92 valence electrons. The first kappa shape index (κ1) is 13.1. The van der Waals surface area contributed by atoms with Crippen molar-refractivity contribution in [2.24, 2.45) is 0 Å². The van der Waals surface area contributed by atoms with Crippen LogP contribution < -0.4 is 0 Å². The monoisotopic (exact) mass is 224 g/mol. The highest BCUT2D eigenvalue weighted by Crippen LogP contribution is 2.26. The first-order valence-corrected chi connectivity index (χ1v) is 5.79. The van der Waals surface area contributed by atoms with Crippen LogP contribution in [-0.2, 0) is 4.79 Å². The molecule has 1 fully saturated rings. The lowest BCUT2D eigenvalue weighted by Crippen LogP contribution is -2.59. The van der Waals surface area contributed by atoms with E-state index in [0.717, 1.165) is 5.70 Å². The van der Waals surface area contributed by atoms with Crippen molar-refractivity contribution in [3.8, 4) is 0 Å². The number of carbonyl (C=O) groups is 1. The van der Waals surface area contributed by atoms with E-state index in [-0.39, 0.29) is 17.0 Å². The van der Waals surface area contributed by atoms with Crippen LogP contribution in [0.2, 0.25) is 0 Å². The van der Waals surface area contributed by atoms with Crippen LogP contribution in [0.1, 0.15) is 41.5 Å². The Bertz CT molecular complexity index is 275. The van der Waals surface area contributed by atoms with Gasteiger partial charge in [-0.3, -0.25) is 4.79 Å². The number of rotatable bonds is 0. The van der Waals surface area contributed by atoms with Crippen molar-refractivity contribution >= 4 is 5.91 Å². The second-order valence-electron chi connectivity index (χ2n) is 6.47. The molecule has 0 radical (unpaired) electrons. The molecule has 3 nitrogen and oxygen atoms in total. The second-order valence-corrected chi connectivity index (χ2v) is 6.47. The first-order valence-electron chi connectivity index (χ1n) is 5.79. The minimum Gasteiger partial charge on any atom is -0.360 e. The highest BCUT2D eigenvalue weighted by Gasteiger charge is 2.36. The fraction of sp³-hybridized carbons (Fsp3) is 0.769. The van der Waals surface area contributed by atoms with Gasteiger partial charge >= 0.3 is 0 Å². The van der Waals surface area contributed by atoms with Crippen LogP contribution in [0, 0.1) is 0 Å². The van der Waals surface area contributed by atoms with Crippen molar-refractivity contribution in [1.82, 2.24) is 9.80 Å². The molecule has 0 bridgehead atoms. The van der Waals surface area contributed by atoms with Crippen LogP contribution in [-0.4, -0.2) is 39.9 Å². The van der Waals surface area contributed by atoms with Gasteiger partial charge in [-0.2, -0.15) is 0 Å². The smallest absolute Gasteiger partial charge is 0.242 e. The van der Waals surface area contributed by atoms with Gasteiger partial charge in [0, 0.05) is 16.8 Å². The molecular formula is C13H24N2O. The van der Waals surface area contributed by atoms with Crippen molar-refractivity contribution in [1.29, 1.82) is 0 Å². The summed E-state index contributed by atoms with van der Waals surface area (Å²) in [4.78, 5) is 16.1. The molecule has 0 N–H and O–H groups in total. The summed E-state index contributed by atoms with van der Waals surface area (Å²) in [5.74, 6) is 0.190. The van der Waals surface area contributed by atoms with Gasteiger partial charge in [0.2, 0.25) is 5.91 Å². The Morgan fingerprint density at radius 2 is 1.38 bits per heavy atom. The summed E-state index contributed by atoms with van der Waals surface area (Å²) in [7, 11) is 0. The van der Waals surface area contributed by atoms with E-state index in [1.165, 1.54) is 0 Å². The van der Waals surface area contributed by atoms with Crippen LogP contribution >= 0.6 is 0 Å². The maximum Gasteiger partial charge on any atom is 0.242 e. The second kappa shape index (κ2) is 3.79. The Labute approximate surface area is 99.1 Å². The van der Waals surface area contributed by atoms with Gasteiger partial charge < -0.3 is 9.80 Å². The van der Waals surface area contributed by atoms with E-state index in [9.17, 15) is 4.79 Å². The summed E-state index contributed by atoms with van der Waals surface area (Å²) in [6, 6.07) is 0. The highest BCUT2D eigenvalue weighted by atomic mass is 16.2. The normalized spacial score (nSPS) is 19.4. The zero-order valence-electron chi connectivity index (χ0n) is 11.4. The van der Waals surface area contributed by atoms with E-state index in [1.54, 1.807) is 0 Å². The summed E-state index contributed by atoms with van der Waals surface area (Å²) in [5, 5.41) is 0. The predicted molar refractivity (Wildman–Crippen MR) is 67.1 cm³/mol. The zero-order valence-corrected chi connectivity index (χ0v) is 11.4. The van der Waals surface area contributed by atoms with Gasteiger partial charge in [0.05, 0.1) is 13.1 Å². The molecule has 1 aliphatic heterocycles.